The van der Waals surface area contributed by atoms with Crippen molar-refractivity contribution >= 4 is 17.4 Å². The third-order valence-electron chi connectivity index (χ3n) is 4.76. The molecule has 0 spiro atoms. The van der Waals surface area contributed by atoms with Crippen LogP contribution in [0.15, 0.2) is 42.5 Å². The zero-order valence-electron chi connectivity index (χ0n) is 17.7. The average Bonchev–Trinajstić information content (AvgIpc) is 2.72. The molecule has 0 radical (unpaired) electrons. The fourth-order valence-electron chi connectivity index (χ4n) is 3.02. The van der Waals surface area contributed by atoms with Gasteiger partial charge in [-0.05, 0) is 50.3 Å². The van der Waals surface area contributed by atoms with Gasteiger partial charge in [-0.15, -0.1) is 0 Å². The Balaban J connectivity index is 2.06. The van der Waals surface area contributed by atoms with Crippen LogP contribution in [0, 0.1) is 0 Å². The second-order valence-corrected chi connectivity index (χ2v) is 6.68. The summed E-state index contributed by atoms with van der Waals surface area (Å²) in [5, 5.41) is 2.91. The Morgan fingerprint density at radius 1 is 1.03 bits per heavy atom. The van der Waals surface area contributed by atoms with Crippen molar-refractivity contribution in [1.82, 2.24) is 4.90 Å². The lowest BCUT2D eigenvalue weighted by molar-refractivity contribution is -0.115. The van der Waals surface area contributed by atoms with E-state index >= 15 is 0 Å². The van der Waals surface area contributed by atoms with E-state index in [9.17, 15) is 9.59 Å². The second-order valence-electron chi connectivity index (χ2n) is 6.68. The molecule has 0 bridgehead atoms. The minimum atomic E-state index is -0.205. The van der Waals surface area contributed by atoms with Crippen LogP contribution in [0.2, 0.25) is 0 Å². The molecule has 0 aromatic heterocycles. The van der Waals surface area contributed by atoms with E-state index in [-0.39, 0.29) is 18.1 Å². The number of carbonyl (C=O) groups excluding carboxylic acids is 2. The van der Waals surface area contributed by atoms with E-state index in [0.29, 0.717) is 34.9 Å². The molecule has 2 rings (SSSR count). The van der Waals surface area contributed by atoms with Crippen LogP contribution in [0.5, 0.6) is 11.5 Å². The highest BCUT2D eigenvalue weighted by atomic mass is 16.5. The number of carbonyl (C=O) groups is 2. The molecule has 29 heavy (non-hydrogen) atoms. The van der Waals surface area contributed by atoms with Crippen molar-refractivity contribution in [3.8, 4) is 11.5 Å². The van der Waals surface area contributed by atoms with Crippen molar-refractivity contribution in [3.63, 3.8) is 0 Å². The molecule has 0 heterocycles. The molecule has 6 nitrogen and oxygen atoms in total. The fourth-order valence-corrected chi connectivity index (χ4v) is 3.02. The normalized spacial score (nSPS) is 10.7. The van der Waals surface area contributed by atoms with E-state index in [4.69, 9.17) is 9.47 Å². The predicted molar refractivity (Wildman–Crippen MR) is 115 cm³/mol. The Morgan fingerprint density at radius 2 is 1.76 bits per heavy atom. The Hall–Kier alpha value is -2.86. The van der Waals surface area contributed by atoms with E-state index in [0.717, 1.165) is 19.6 Å². The van der Waals surface area contributed by atoms with E-state index in [1.54, 1.807) is 25.3 Å². The number of ether oxygens (including phenoxy) is 2. The van der Waals surface area contributed by atoms with Gasteiger partial charge in [0.05, 0.1) is 19.2 Å². The third kappa shape index (κ3) is 6.61. The molecule has 0 saturated carbocycles. The van der Waals surface area contributed by atoms with E-state index < -0.39 is 0 Å². The van der Waals surface area contributed by atoms with Gasteiger partial charge >= 0.3 is 0 Å². The van der Waals surface area contributed by atoms with Gasteiger partial charge in [0.1, 0.15) is 18.1 Å². The molecule has 2 aromatic rings. The van der Waals surface area contributed by atoms with Gasteiger partial charge in [0.15, 0.2) is 5.78 Å². The number of methoxy groups -OCH3 is 1. The summed E-state index contributed by atoms with van der Waals surface area (Å²) in [6.07, 6.45) is 0.0953. The molecular weight excluding hydrogens is 368 g/mol. The lowest BCUT2D eigenvalue weighted by Gasteiger charge is -2.19. The molecule has 0 unspecified atom stereocenters. The quantitative estimate of drug-likeness (QED) is 0.583. The number of anilines is 1. The SMILES string of the molecule is CCN(CC)CCOc1ccccc1NC(=O)Cc1cc(C(C)=O)ccc1OC. The topological polar surface area (TPSA) is 67.9 Å². The van der Waals surface area contributed by atoms with Crippen molar-refractivity contribution in [1.29, 1.82) is 0 Å². The largest absolute Gasteiger partial charge is 0.496 e. The Labute approximate surface area is 172 Å². The van der Waals surface area contributed by atoms with Crippen LogP contribution in [0.1, 0.15) is 36.7 Å². The highest BCUT2D eigenvalue weighted by molar-refractivity contribution is 5.96. The highest BCUT2D eigenvalue weighted by Gasteiger charge is 2.13. The molecular formula is C23H30N2O4. The summed E-state index contributed by atoms with van der Waals surface area (Å²) < 4.78 is 11.2. The van der Waals surface area contributed by atoms with Gasteiger partial charge in [-0.2, -0.15) is 0 Å². The van der Waals surface area contributed by atoms with Gasteiger partial charge in [-0.1, -0.05) is 26.0 Å². The molecule has 1 amide bonds. The molecule has 156 valence electrons. The summed E-state index contributed by atoms with van der Waals surface area (Å²) in [6.45, 7) is 9.05. The first kappa shape index (κ1) is 22.4. The minimum absolute atomic E-state index is 0.0544. The Morgan fingerprint density at radius 3 is 2.41 bits per heavy atom. The smallest absolute Gasteiger partial charge is 0.229 e. The van der Waals surface area contributed by atoms with Crippen LogP contribution in [-0.4, -0.2) is 49.9 Å². The van der Waals surface area contributed by atoms with Crippen LogP contribution < -0.4 is 14.8 Å². The molecule has 2 aromatic carbocycles. The minimum Gasteiger partial charge on any atom is -0.496 e. The lowest BCUT2D eigenvalue weighted by Crippen LogP contribution is -2.28. The van der Waals surface area contributed by atoms with E-state index in [1.165, 1.54) is 6.92 Å². The standard InChI is InChI=1S/C23H30N2O4/c1-5-25(6-2)13-14-29-22-10-8-7-9-20(22)24-23(27)16-19-15-18(17(3)26)11-12-21(19)28-4/h7-12,15H,5-6,13-14,16H2,1-4H3,(H,24,27). The Bertz CT molecular complexity index is 831. The van der Waals surface area contributed by atoms with Gasteiger partial charge in [0.25, 0.3) is 0 Å². The number of rotatable bonds is 11. The lowest BCUT2D eigenvalue weighted by atomic mass is 10.0. The maximum atomic E-state index is 12.6. The van der Waals surface area contributed by atoms with Gasteiger partial charge < -0.3 is 19.7 Å². The zero-order chi connectivity index (χ0) is 21.2. The van der Waals surface area contributed by atoms with Crippen LogP contribution in [0.3, 0.4) is 0 Å². The van der Waals surface area contributed by atoms with Crippen LogP contribution in [0.4, 0.5) is 5.69 Å². The van der Waals surface area contributed by atoms with Crippen LogP contribution >= 0.6 is 0 Å². The summed E-state index contributed by atoms with van der Waals surface area (Å²) >= 11 is 0. The average molecular weight is 399 g/mol. The molecule has 6 heteroatoms. The zero-order valence-corrected chi connectivity index (χ0v) is 17.7. The van der Waals surface area contributed by atoms with Crippen molar-refractivity contribution in [2.24, 2.45) is 0 Å². The highest BCUT2D eigenvalue weighted by Crippen LogP contribution is 2.25. The number of para-hydroxylation sites is 2. The number of Topliss-reactive ketones (excluding diaryl/α,β-unsaturated/α-hetero) is 1. The first-order chi connectivity index (χ1) is 14.0. The number of hydrogen-bond acceptors (Lipinski definition) is 5. The summed E-state index contributed by atoms with van der Waals surface area (Å²) in [7, 11) is 1.54. The number of hydrogen-bond donors (Lipinski definition) is 1. The molecule has 0 saturated heterocycles. The number of benzene rings is 2. The number of amides is 1. The predicted octanol–water partition coefficient (Wildman–Crippen LogP) is 3.80. The van der Waals surface area contributed by atoms with Crippen molar-refractivity contribution < 1.29 is 19.1 Å². The van der Waals surface area contributed by atoms with Crippen molar-refractivity contribution in [2.75, 3.05) is 38.7 Å². The van der Waals surface area contributed by atoms with Crippen LogP contribution in [-0.2, 0) is 11.2 Å². The molecule has 0 aliphatic rings. The van der Waals surface area contributed by atoms with Crippen molar-refractivity contribution in [3.05, 3.63) is 53.6 Å². The second kappa shape index (κ2) is 11.2. The summed E-state index contributed by atoms with van der Waals surface area (Å²) in [6, 6.07) is 12.5. The molecule has 1 N–H and O–H groups in total. The molecule has 0 fully saturated rings. The first-order valence-corrected chi connectivity index (χ1v) is 9.90. The van der Waals surface area contributed by atoms with Crippen LogP contribution in [0.25, 0.3) is 0 Å². The number of nitrogens with one attached hydrogen (secondary N) is 1. The third-order valence-corrected chi connectivity index (χ3v) is 4.76. The van der Waals surface area contributed by atoms with Gasteiger partial charge in [-0.25, -0.2) is 0 Å². The summed E-state index contributed by atoms with van der Waals surface area (Å²) in [4.78, 5) is 26.6. The maximum absolute atomic E-state index is 12.6. The summed E-state index contributed by atoms with van der Waals surface area (Å²) in [5.74, 6) is 0.955. The van der Waals surface area contributed by atoms with E-state index in [1.807, 2.05) is 24.3 Å². The van der Waals surface area contributed by atoms with Gasteiger partial charge in [-0.3, -0.25) is 9.59 Å². The maximum Gasteiger partial charge on any atom is 0.229 e. The van der Waals surface area contributed by atoms with Gasteiger partial charge in [0.2, 0.25) is 5.91 Å². The number of likely N-dealkylation sites (N-methyl/N-ethyl adjacent to an activating group) is 1. The molecule has 0 atom stereocenters. The number of nitrogens with zero attached hydrogens (tertiary/aromatic N) is 1. The van der Waals surface area contributed by atoms with Crippen molar-refractivity contribution in [2.45, 2.75) is 27.2 Å². The monoisotopic (exact) mass is 398 g/mol. The molecule has 0 aliphatic carbocycles. The number of ketones is 1. The van der Waals surface area contributed by atoms with Gasteiger partial charge in [0, 0.05) is 17.7 Å². The van der Waals surface area contributed by atoms with E-state index in [2.05, 4.69) is 24.1 Å². The summed E-state index contributed by atoms with van der Waals surface area (Å²) in [5.41, 5.74) is 1.84. The fraction of sp³-hybridized carbons (Fsp3) is 0.391. The first-order valence-electron chi connectivity index (χ1n) is 9.90. The molecule has 0 aliphatic heterocycles. The Kier molecular flexibility index (Phi) is 8.68.